The third-order valence-electron chi connectivity index (χ3n) is 3.35. The number of carbonyl (C=O) groups is 1. The largest absolute Gasteiger partial charge is 0.478 e. The molecule has 0 spiro atoms. The molecule has 1 saturated carbocycles. The van der Waals surface area contributed by atoms with E-state index in [-0.39, 0.29) is 5.56 Å². The van der Waals surface area contributed by atoms with Crippen molar-refractivity contribution in [3.63, 3.8) is 0 Å². The maximum absolute atomic E-state index is 10.9. The van der Waals surface area contributed by atoms with Gasteiger partial charge in [-0.15, -0.1) is 0 Å². The average molecular weight is 234 g/mol. The summed E-state index contributed by atoms with van der Waals surface area (Å²) in [6.07, 6.45) is 5.17. The molecule has 4 nitrogen and oxygen atoms in total. The Labute approximate surface area is 101 Å². The summed E-state index contributed by atoms with van der Waals surface area (Å²) in [6, 6.07) is 5.07. The molecular formula is C13H18N2O2. The van der Waals surface area contributed by atoms with Crippen LogP contribution in [-0.4, -0.2) is 17.6 Å². The molecule has 2 rings (SSSR count). The minimum atomic E-state index is -0.980. The van der Waals surface area contributed by atoms with Crippen LogP contribution >= 0.6 is 0 Å². The van der Waals surface area contributed by atoms with Gasteiger partial charge in [-0.2, -0.15) is 0 Å². The third-order valence-corrected chi connectivity index (χ3v) is 3.35. The second-order valence-corrected chi connectivity index (χ2v) is 4.64. The molecular weight excluding hydrogens is 216 g/mol. The highest BCUT2D eigenvalue weighted by atomic mass is 16.4. The second-order valence-electron chi connectivity index (χ2n) is 4.64. The van der Waals surface area contributed by atoms with E-state index in [0.717, 1.165) is 18.2 Å². The summed E-state index contributed by atoms with van der Waals surface area (Å²) in [4.78, 5) is 10.9. The van der Waals surface area contributed by atoms with Crippen LogP contribution in [0.3, 0.4) is 0 Å². The van der Waals surface area contributed by atoms with Gasteiger partial charge in [0.25, 0.3) is 0 Å². The average Bonchev–Trinajstić information content (AvgIpc) is 2.80. The van der Waals surface area contributed by atoms with E-state index in [2.05, 4.69) is 5.32 Å². The standard InChI is InChI=1S/C13H18N2O2/c14-12-6-5-10(7-11(12)13(16)17)15-8-9-3-1-2-4-9/h5-7,9,15H,1-4,8,14H2,(H,16,17). The molecule has 4 heteroatoms. The molecule has 1 aromatic carbocycles. The van der Waals surface area contributed by atoms with Crippen LogP contribution in [0, 0.1) is 5.92 Å². The molecule has 0 heterocycles. The van der Waals surface area contributed by atoms with Crippen LogP contribution in [0.15, 0.2) is 18.2 Å². The quantitative estimate of drug-likeness (QED) is 0.700. The topological polar surface area (TPSA) is 75.3 Å². The van der Waals surface area contributed by atoms with Crippen LogP contribution < -0.4 is 11.1 Å². The number of benzene rings is 1. The van der Waals surface area contributed by atoms with Gasteiger partial charge in [-0.1, -0.05) is 12.8 Å². The van der Waals surface area contributed by atoms with Crippen LogP contribution in [0.2, 0.25) is 0 Å². The van der Waals surface area contributed by atoms with Crippen molar-refractivity contribution in [2.24, 2.45) is 5.92 Å². The van der Waals surface area contributed by atoms with Crippen LogP contribution in [0.4, 0.5) is 11.4 Å². The molecule has 1 aliphatic carbocycles. The summed E-state index contributed by atoms with van der Waals surface area (Å²) >= 11 is 0. The fourth-order valence-electron chi connectivity index (χ4n) is 2.33. The van der Waals surface area contributed by atoms with Crippen molar-refractivity contribution >= 4 is 17.3 Å². The normalized spacial score (nSPS) is 16.0. The molecule has 0 aliphatic heterocycles. The maximum Gasteiger partial charge on any atom is 0.337 e. The highest BCUT2D eigenvalue weighted by Gasteiger charge is 2.15. The minimum Gasteiger partial charge on any atom is -0.478 e. The summed E-state index contributed by atoms with van der Waals surface area (Å²) in [7, 11) is 0. The Morgan fingerprint density at radius 2 is 2.12 bits per heavy atom. The zero-order valence-corrected chi connectivity index (χ0v) is 9.78. The summed E-state index contributed by atoms with van der Waals surface area (Å²) in [5.74, 6) is -0.257. The lowest BCUT2D eigenvalue weighted by Gasteiger charge is -2.12. The summed E-state index contributed by atoms with van der Waals surface area (Å²) in [5, 5.41) is 12.3. The first kappa shape index (κ1) is 11.8. The number of hydrogen-bond acceptors (Lipinski definition) is 3. The zero-order chi connectivity index (χ0) is 12.3. The van der Waals surface area contributed by atoms with Crippen molar-refractivity contribution in [3.8, 4) is 0 Å². The van der Waals surface area contributed by atoms with E-state index in [4.69, 9.17) is 10.8 Å². The molecule has 0 amide bonds. The Bertz CT molecular complexity index is 412. The van der Waals surface area contributed by atoms with Crippen molar-refractivity contribution in [1.29, 1.82) is 0 Å². The molecule has 0 unspecified atom stereocenters. The smallest absolute Gasteiger partial charge is 0.337 e. The first-order valence-corrected chi connectivity index (χ1v) is 6.03. The molecule has 92 valence electrons. The summed E-state index contributed by atoms with van der Waals surface area (Å²) in [5.41, 5.74) is 6.91. The number of carboxylic acids is 1. The predicted octanol–water partition coefficient (Wildman–Crippen LogP) is 2.57. The Morgan fingerprint density at radius 3 is 2.76 bits per heavy atom. The number of nitrogens with two attached hydrogens (primary N) is 1. The highest BCUT2D eigenvalue weighted by Crippen LogP contribution is 2.25. The zero-order valence-electron chi connectivity index (χ0n) is 9.78. The van der Waals surface area contributed by atoms with Gasteiger partial charge in [0.2, 0.25) is 0 Å². The van der Waals surface area contributed by atoms with Crippen LogP contribution in [0.25, 0.3) is 0 Å². The van der Waals surface area contributed by atoms with Gasteiger partial charge >= 0.3 is 5.97 Å². The number of hydrogen-bond donors (Lipinski definition) is 3. The molecule has 0 saturated heterocycles. The van der Waals surface area contributed by atoms with Gasteiger partial charge in [0.05, 0.1) is 5.56 Å². The van der Waals surface area contributed by atoms with E-state index < -0.39 is 5.97 Å². The molecule has 4 N–H and O–H groups in total. The molecule has 0 atom stereocenters. The Balaban J connectivity index is 2.00. The third kappa shape index (κ3) is 2.90. The van der Waals surface area contributed by atoms with Crippen molar-refractivity contribution in [1.82, 2.24) is 0 Å². The van der Waals surface area contributed by atoms with Gasteiger partial charge in [-0.25, -0.2) is 4.79 Å². The number of carboxylic acid groups (broad SMARTS) is 1. The first-order valence-electron chi connectivity index (χ1n) is 6.03. The SMILES string of the molecule is Nc1ccc(NCC2CCCC2)cc1C(=O)O. The van der Waals surface area contributed by atoms with Gasteiger partial charge in [0.1, 0.15) is 0 Å². The molecule has 0 radical (unpaired) electrons. The Kier molecular flexibility index (Phi) is 3.52. The molecule has 0 bridgehead atoms. The highest BCUT2D eigenvalue weighted by molar-refractivity contribution is 5.94. The predicted molar refractivity (Wildman–Crippen MR) is 68.3 cm³/mol. The van der Waals surface area contributed by atoms with Gasteiger partial charge < -0.3 is 16.2 Å². The summed E-state index contributed by atoms with van der Waals surface area (Å²) in [6.45, 7) is 0.920. The van der Waals surface area contributed by atoms with Gasteiger partial charge in [0.15, 0.2) is 0 Å². The van der Waals surface area contributed by atoms with Crippen LogP contribution in [0.5, 0.6) is 0 Å². The second kappa shape index (κ2) is 5.08. The van der Waals surface area contributed by atoms with E-state index in [1.54, 1.807) is 12.1 Å². The van der Waals surface area contributed by atoms with Crippen LogP contribution in [-0.2, 0) is 0 Å². The van der Waals surface area contributed by atoms with E-state index in [1.807, 2.05) is 6.07 Å². The van der Waals surface area contributed by atoms with E-state index in [9.17, 15) is 4.79 Å². The van der Waals surface area contributed by atoms with Crippen molar-refractivity contribution in [2.75, 3.05) is 17.6 Å². The van der Waals surface area contributed by atoms with Gasteiger partial charge in [0, 0.05) is 17.9 Å². The van der Waals surface area contributed by atoms with Crippen molar-refractivity contribution < 1.29 is 9.90 Å². The van der Waals surface area contributed by atoms with Gasteiger partial charge in [-0.05, 0) is 37.0 Å². The monoisotopic (exact) mass is 234 g/mol. The first-order chi connectivity index (χ1) is 8.16. The lowest BCUT2D eigenvalue weighted by Crippen LogP contribution is -2.12. The number of anilines is 2. The molecule has 1 aromatic rings. The van der Waals surface area contributed by atoms with E-state index in [0.29, 0.717) is 5.69 Å². The van der Waals surface area contributed by atoms with Crippen LogP contribution in [0.1, 0.15) is 36.0 Å². The number of rotatable bonds is 4. The summed E-state index contributed by atoms with van der Waals surface area (Å²) < 4.78 is 0. The molecule has 1 aliphatic rings. The maximum atomic E-state index is 10.9. The number of nitrogen functional groups attached to an aromatic ring is 1. The lowest BCUT2D eigenvalue weighted by atomic mass is 10.1. The Hall–Kier alpha value is -1.71. The Morgan fingerprint density at radius 1 is 1.41 bits per heavy atom. The van der Waals surface area contributed by atoms with Crippen molar-refractivity contribution in [3.05, 3.63) is 23.8 Å². The fraction of sp³-hybridized carbons (Fsp3) is 0.462. The van der Waals surface area contributed by atoms with E-state index >= 15 is 0 Å². The number of aromatic carboxylic acids is 1. The molecule has 17 heavy (non-hydrogen) atoms. The fourth-order valence-corrected chi connectivity index (χ4v) is 2.33. The minimum absolute atomic E-state index is 0.168. The van der Waals surface area contributed by atoms with E-state index in [1.165, 1.54) is 25.7 Å². The lowest BCUT2D eigenvalue weighted by molar-refractivity contribution is 0.0698. The number of nitrogens with one attached hydrogen (secondary N) is 1. The molecule has 0 aromatic heterocycles. The molecule has 1 fully saturated rings. The van der Waals surface area contributed by atoms with Gasteiger partial charge in [-0.3, -0.25) is 0 Å². The van der Waals surface area contributed by atoms with Crippen molar-refractivity contribution in [2.45, 2.75) is 25.7 Å².